The Morgan fingerprint density at radius 1 is 1.47 bits per heavy atom. The van der Waals surface area contributed by atoms with Gasteiger partial charge in [0.25, 0.3) is 12.3 Å². The van der Waals surface area contributed by atoms with E-state index in [4.69, 9.17) is 0 Å². The topological polar surface area (TPSA) is 53.2 Å². The summed E-state index contributed by atoms with van der Waals surface area (Å²) in [4.78, 5) is 27.1. The van der Waals surface area contributed by atoms with Crippen molar-refractivity contribution in [2.24, 2.45) is 5.92 Å². The van der Waals surface area contributed by atoms with Crippen LogP contribution in [-0.2, 0) is 0 Å². The number of H-pyrrole nitrogens is 1. The summed E-state index contributed by atoms with van der Waals surface area (Å²) in [6.45, 7) is -0.258. The minimum absolute atomic E-state index is 0.0625. The molecule has 0 saturated heterocycles. The molecule has 0 aromatic carbocycles. The lowest BCUT2D eigenvalue weighted by Crippen LogP contribution is -2.40. The second-order valence-electron chi connectivity index (χ2n) is 4.84. The van der Waals surface area contributed by atoms with E-state index >= 15 is 0 Å². The fourth-order valence-electron chi connectivity index (χ4n) is 2.13. The number of nitrogens with one attached hydrogen (secondary N) is 1. The number of amides is 1. The summed E-state index contributed by atoms with van der Waals surface area (Å²) in [6.07, 6.45) is 1.80. The fourth-order valence-corrected chi connectivity index (χ4v) is 2.13. The number of nitrogens with zero attached hydrogens (tertiary/aromatic N) is 1. The van der Waals surface area contributed by atoms with Crippen LogP contribution in [-0.4, -0.2) is 35.3 Å². The van der Waals surface area contributed by atoms with Gasteiger partial charge in [0, 0.05) is 24.9 Å². The van der Waals surface area contributed by atoms with Gasteiger partial charge in [0.15, 0.2) is 5.43 Å². The Balaban J connectivity index is 2.11. The molecular formula is C13H16F2N2O2. The van der Waals surface area contributed by atoms with Crippen molar-refractivity contribution in [1.29, 1.82) is 0 Å². The molecule has 104 valence electrons. The minimum atomic E-state index is -2.57. The second-order valence-corrected chi connectivity index (χ2v) is 4.84. The van der Waals surface area contributed by atoms with Gasteiger partial charge in [-0.15, -0.1) is 0 Å². The lowest BCUT2D eigenvalue weighted by Gasteiger charge is -2.32. The van der Waals surface area contributed by atoms with Crippen molar-refractivity contribution in [2.45, 2.75) is 25.7 Å². The number of aromatic amines is 1. The molecule has 0 bridgehead atoms. The van der Waals surface area contributed by atoms with Crippen molar-refractivity contribution in [1.82, 2.24) is 9.88 Å². The lowest BCUT2D eigenvalue weighted by molar-refractivity contribution is 0.0465. The van der Waals surface area contributed by atoms with Crippen molar-refractivity contribution < 1.29 is 13.6 Å². The van der Waals surface area contributed by atoms with Crippen molar-refractivity contribution in [2.75, 3.05) is 13.1 Å². The summed E-state index contributed by atoms with van der Waals surface area (Å²) in [7, 11) is 0. The molecule has 1 saturated carbocycles. The van der Waals surface area contributed by atoms with Crippen LogP contribution >= 0.6 is 0 Å². The van der Waals surface area contributed by atoms with Gasteiger partial charge >= 0.3 is 0 Å². The molecule has 1 aromatic rings. The number of alkyl halides is 2. The van der Waals surface area contributed by atoms with E-state index in [0.717, 1.165) is 30.2 Å². The van der Waals surface area contributed by atoms with Gasteiger partial charge < -0.3 is 9.88 Å². The summed E-state index contributed by atoms with van der Waals surface area (Å²) in [5.74, 6) is -0.233. The highest BCUT2D eigenvalue weighted by Crippen LogP contribution is 2.27. The van der Waals surface area contributed by atoms with Gasteiger partial charge in [0.1, 0.15) is 5.69 Å². The molecule has 1 aromatic heterocycles. The summed E-state index contributed by atoms with van der Waals surface area (Å²) >= 11 is 0. The van der Waals surface area contributed by atoms with Crippen molar-refractivity contribution in [3.05, 3.63) is 34.2 Å². The fraction of sp³-hybridized carbons (Fsp3) is 0.538. The molecule has 1 aliphatic rings. The molecule has 0 spiro atoms. The molecule has 0 aliphatic heterocycles. The first-order valence-electron chi connectivity index (χ1n) is 6.32. The summed E-state index contributed by atoms with van der Waals surface area (Å²) in [5.41, 5.74) is -0.254. The number of rotatable bonds is 5. The number of hydrogen-bond acceptors (Lipinski definition) is 2. The Morgan fingerprint density at radius 2 is 2.21 bits per heavy atom. The van der Waals surface area contributed by atoms with Gasteiger partial charge in [-0.2, -0.15) is 0 Å². The molecule has 1 amide bonds. The third-order valence-corrected chi connectivity index (χ3v) is 3.35. The normalized spacial score (nSPS) is 15.3. The number of aromatic nitrogens is 1. The minimum Gasteiger partial charge on any atom is -0.357 e. The van der Waals surface area contributed by atoms with E-state index < -0.39 is 18.9 Å². The van der Waals surface area contributed by atoms with Crippen LogP contribution < -0.4 is 5.43 Å². The van der Waals surface area contributed by atoms with Crippen molar-refractivity contribution >= 4 is 5.91 Å². The van der Waals surface area contributed by atoms with Gasteiger partial charge in [-0.25, -0.2) is 8.78 Å². The number of carbonyl (C=O) groups is 1. The molecule has 1 N–H and O–H groups in total. The standard InChI is InChI=1S/C13H16F2N2O2/c14-12(15)8-17(7-9-2-1-3-9)13(19)11-6-10(18)4-5-16-11/h4-6,9,12H,1-3,7-8H2,(H,16,18). The van der Waals surface area contributed by atoms with Crippen LogP contribution in [0.4, 0.5) is 8.78 Å². The quantitative estimate of drug-likeness (QED) is 0.888. The highest BCUT2D eigenvalue weighted by molar-refractivity contribution is 5.92. The van der Waals surface area contributed by atoms with Gasteiger partial charge in [-0.1, -0.05) is 6.42 Å². The summed E-state index contributed by atoms with van der Waals surface area (Å²) in [5, 5.41) is 0. The molecule has 1 heterocycles. The van der Waals surface area contributed by atoms with Gasteiger partial charge in [-0.05, 0) is 18.8 Å². The molecule has 1 aliphatic carbocycles. The van der Waals surface area contributed by atoms with Crippen LogP contribution in [0.25, 0.3) is 0 Å². The van der Waals surface area contributed by atoms with Crippen LogP contribution in [0.15, 0.2) is 23.1 Å². The van der Waals surface area contributed by atoms with Crippen LogP contribution in [0.2, 0.25) is 0 Å². The van der Waals surface area contributed by atoms with E-state index in [0.29, 0.717) is 12.5 Å². The predicted octanol–water partition coefficient (Wildman–Crippen LogP) is 1.88. The SMILES string of the molecule is O=C(c1cc(=O)cc[nH]1)N(CC(F)F)CC1CCC1. The molecule has 2 rings (SSSR count). The zero-order valence-corrected chi connectivity index (χ0v) is 10.4. The first-order valence-corrected chi connectivity index (χ1v) is 6.32. The Bertz CT molecular complexity index is 497. The smallest absolute Gasteiger partial charge is 0.270 e. The van der Waals surface area contributed by atoms with Crippen molar-refractivity contribution in [3.8, 4) is 0 Å². The first-order chi connectivity index (χ1) is 9.06. The monoisotopic (exact) mass is 270 g/mol. The largest absolute Gasteiger partial charge is 0.357 e. The van der Waals surface area contributed by atoms with E-state index in [1.54, 1.807) is 0 Å². The predicted molar refractivity (Wildman–Crippen MR) is 66.3 cm³/mol. The van der Waals surface area contributed by atoms with Gasteiger partial charge in [0.2, 0.25) is 0 Å². The molecule has 1 fully saturated rings. The zero-order chi connectivity index (χ0) is 13.8. The maximum atomic E-state index is 12.5. The number of pyridine rings is 1. The number of hydrogen-bond donors (Lipinski definition) is 1. The maximum Gasteiger partial charge on any atom is 0.270 e. The van der Waals surface area contributed by atoms with Crippen LogP contribution in [0.5, 0.6) is 0 Å². The van der Waals surface area contributed by atoms with Crippen LogP contribution in [0, 0.1) is 5.92 Å². The summed E-state index contributed by atoms with van der Waals surface area (Å²) < 4.78 is 25.1. The average molecular weight is 270 g/mol. The third kappa shape index (κ3) is 3.62. The third-order valence-electron chi connectivity index (χ3n) is 3.35. The maximum absolute atomic E-state index is 12.5. The molecule has 0 atom stereocenters. The van der Waals surface area contributed by atoms with E-state index in [1.807, 2.05) is 0 Å². The van der Waals surface area contributed by atoms with Gasteiger partial charge in [0.05, 0.1) is 6.54 Å². The molecule has 0 unspecified atom stereocenters. The van der Waals surface area contributed by atoms with Gasteiger partial charge in [-0.3, -0.25) is 9.59 Å². The molecule has 4 nitrogen and oxygen atoms in total. The molecule has 0 radical (unpaired) electrons. The first kappa shape index (κ1) is 13.7. The Kier molecular flexibility index (Phi) is 4.29. The van der Waals surface area contributed by atoms with E-state index in [-0.39, 0.29) is 11.1 Å². The summed E-state index contributed by atoms with van der Waals surface area (Å²) in [6, 6.07) is 2.42. The number of halogens is 2. The van der Waals surface area contributed by atoms with E-state index in [2.05, 4.69) is 4.98 Å². The molecule has 19 heavy (non-hydrogen) atoms. The van der Waals surface area contributed by atoms with Crippen LogP contribution in [0.1, 0.15) is 29.8 Å². The second kappa shape index (κ2) is 5.95. The van der Waals surface area contributed by atoms with E-state index in [1.165, 1.54) is 12.3 Å². The Hall–Kier alpha value is -1.72. The molecular weight excluding hydrogens is 254 g/mol. The number of carbonyl (C=O) groups excluding carboxylic acids is 1. The lowest BCUT2D eigenvalue weighted by atomic mass is 9.85. The zero-order valence-electron chi connectivity index (χ0n) is 10.4. The Morgan fingerprint density at radius 3 is 2.74 bits per heavy atom. The Labute approximate surface area is 109 Å². The average Bonchev–Trinajstić information content (AvgIpc) is 2.30. The van der Waals surface area contributed by atoms with E-state index in [9.17, 15) is 18.4 Å². The van der Waals surface area contributed by atoms with Crippen LogP contribution in [0.3, 0.4) is 0 Å². The molecule has 6 heteroatoms. The highest BCUT2D eigenvalue weighted by atomic mass is 19.3. The van der Waals surface area contributed by atoms with Crippen molar-refractivity contribution in [3.63, 3.8) is 0 Å². The highest BCUT2D eigenvalue weighted by Gasteiger charge is 2.26.